The van der Waals surface area contributed by atoms with Gasteiger partial charge in [-0.2, -0.15) is 0 Å². The maximum Gasteiger partial charge on any atom is 0.0434 e. The highest BCUT2D eigenvalue weighted by Gasteiger charge is 1.97. The van der Waals surface area contributed by atoms with Gasteiger partial charge >= 0.3 is 0 Å². The van der Waals surface area contributed by atoms with E-state index in [2.05, 4.69) is 18.4 Å². The van der Waals surface area contributed by atoms with Gasteiger partial charge in [0.05, 0.1) is 0 Å². The normalized spacial score (nSPS) is 10.2. The fourth-order valence-electron chi connectivity index (χ4n) is 0.900. The van der Waals surface area contributed by atoms with Gasteiger partial charge in [-0.3, -0.25) is 0 Å². The zero-order chi connectivity index (χ0) is 7.40. The van der Waals surface area contributed by atoms with Crippen LogP contribution in [-0.4, -0.2) is 11.7 Å². The van der Waals surface area contributed by atoms with Crippen molar-refractivity contribution in [1.29, 1.82) is 0 Å². The van der Waals surface area contributed by atoms with Crippen molar-refractivity contribution >= 4 is 11.3 Å². The molecule has 2 heteroatoms. The van der Waals surface area contributed by atoms with E-state index in [0.29, 0.717) is 6.61 Å². The predicted molar refractivity (Wildman–Crippen MR) is 44.5 cm³/mol. The fraction of sp³-hybridized carbons (Fsp3) is 0.500. The van der Waals surface area contributed by atoms with Crippen LogP contribution in [0.3, 0.4) is 0 Å². The standard InChI is InChI=1S/C8H12OS/c1-7-4-6-10-8(7)3-2-5-9/h4,6,9H,2-3,5H2,1H3. The van der Waals surface area contributed by atoms with Gasteiger partial charge in [-0.15, -0.1) is 11.3 Å². The predicted octanol–water partition coefficient (Wildman–Crippen LogP) is 1.98. The van der Waals surface area contributed by atoms with E-state index in [1.165, 1.54) is 10.4 Å². The number of aryl methyl sites for hydroxylation is 2. The van der Waals surface area contributed by atoms with Gasteiger partial charge in [0.15, 0.2) is 0 Å². The highest BCUT2D eigenvalue weighted by atomic mass is 32.1. The van der Waals surface area contributed by atoms with Crippen LogP contribution in [-0.2, 0) is 6.42 Å². The Balaban J connectivity index is 2.49. The Labute approximate surface area is 65.3 Å². The SMILES string of the molecule is Cc1ccsc1CCCO. The van der Waals surface area contributed by atoms with E-state index < -0.39 is 0 Å². The number of thiophene rings is 1. The second kappa shape index (κ2) is 3.74. The molecule has 1 N–H and O–H groups in total. The van der Waals surface area contributed by atoms with E-state index in [0.717, 1.165) is 12.8 Å². The van der Waals surface area contributed by atoms with E-state index in [9.17, 15) is 0 Å². The third-order valence-corrected chi connectivity index (χ3v) is 2.61. The average molecular weight is 156 g/mol. The van der Waals surface area contributed by atoms with Gasteiger partial charge in [0.2, 0.25) is 0 Å². The summed E-state index contributed by atoms with van der Waals surface area (Å²) in [6.45, 7) is 2.42. The van der Waals surface area contributed by atoms with E-state index in [1.807, 2.05) is 0 Å². The lowest BCUT2D eigenvalue weighted by Crippen LogP contribution is -1.87. The van der Waals surface area contributed by atoms with Crippen LogP contribution in [0.2, 0.25) is 0 Å². The fourth-order valence-corrected chi connectivity index (χ4v) is 1.85. The number of hydrogen-bond donors (Lipinski definition) is 1. The molecule has 1 rings (SSSR count). The summed E-state index contributed by atoms with van der Waals surface area (Å²) in [5.74, 6) is 0. The minimum atomic E-state index is 0.303. The molecular formula is C8H12OS. The van der Waals surface area contributed by atoms with Crippen molar-refractivity contribution in [3.8, 4) is 0 Å². The first-order valence-electron chi connectivity index (χ1n) is 3.48. The van der Waals surface area contributed by atoms with Crippen LogP contribution in [0.5, 0.6) is 0 Å². The molecule has 10 heavy (non-hydrogen) atoms. The molecule has 0 amide bonds. The summed E-state index contributed by atoms with van der Waals surface area (Å²) >= 11 is 1.78. The van der Waals surface area contributed by atoms with Gasteiger partial charge in [0.25, 0.3) is 0 Å². The Hall–Kier alpha value is -0.340. The van der Waals surface area contributed by atoms with Crippen LogP contribution in [0.1, 0.15) is 16.9 Å². The Morgan fingerprint density at radius 1 is 1.60 bits per heavy atom. The number of hydrogen-bond acceptors (Lipinski definition) is 2. The van der Waals surface area contributed by atoms with E-state index in [-0.39, 0.29) is 0 Å². The Kier molecular flexibility index (Phi) is 2.90. The van der Waals surface area contributed by atoms with Gasteiger partial charge in [-0.25, -0.2) is 0 Å². The van der Waals surface area contributed by atoms with Crippen molar-refractivity contribution in [2.75, 3.05) is 6.61 Å². The molecule has 0 aromatic carbocycles. The van der Waals surface area contributed by atoms with Crippen LogP contribution in [0.25, 0.3) is 0 Å². The molecule has 0 bridgehead atoms. The van der Waals surface area contributed by atoms with Crippen molar-refractivity contribution in [3.63, 3.8) is 0 Å². The van der Waals surface area contributed by atoms with Crippen molar-refractivity contribution in [2.24, 2.45) is 0 Å². The van der Waals surface area contributed by atoms with Crippen molar-refractivity contribution < 1.29 is 5.11 Å². The highest BCUT2D eigenvalue weighted by molar-refractivity contribution is 7.10. The van der Waals surface area contributed by atoms with Gasteiger partial charge in [0.1, 0.15) is 0 Å². The Bertz CT molecular complexity index is 193. The number of aliphatic hydroxyl groups is 1. The highest BCUT2D eigenvalue weighted by Crippen LogP contribution is 2.16. The van der Waals surface area contributed by atoms with E-state index in [4.69, 9.17) is 5.11 Å². The second-order valence-corrected chi connectivity index (χ2v) is 3.35. The first-order valence-corrected chi connectivity index (χ1v) is 4.36. The maximum absolute atomic E-state index is 8.56. The topological polar surface area (TPSA) is 20.2 Å². The molecule has 0 aliphatic rings. The largest absolute Gasteiger partial charge is 0.396 e. The molecule has 0 saturated heterocycles. The molecule has 0 atom stereocenters. The molecule has 0 unspecified atom stereocenters. The van der Waals surface area contributed by atoms with Gasteiger partial charge < -0.3 is 5.11 Å². The van der Waals surface area contributed by atoms with E-state index in [1.54, 1.807) is 11.3 Å². The molecule has 0 spiro atoms. The first-order chi connectivity index (χ1) is 4.84. The Morgan fingerprint density at radius 3 is 2.90 bits per heavy atom. The zero-order valence-electron chi connectivity index (χ0n) is 6.13. The molecule has 1 aromatic rings. The van der Waals surface area contributed by atoms with Gasteiger partial charge in [-0.05, 0) is 36.8 Å². The molecule has 1 nitrogen and oxygen atoms in total. The maximum atomic E-state index is 8.56. The smallest absolute Gasteiger partial charge is 0.0434 e. The molecular weight excluding hydrogens is 144 g/mol. The summed E-state index contributed by atoms with van der Waals surface area (Å²) in [6.07, 6.45) is 1.92. The van der Waals surface area contributed by atoms with Gasteiger partial charge in [0, 0.05) is 11.5 Å². The van der Waals surface area contributed by atoms with Crippen molar-refractivity contribution in [3.05, 3.63) is 21.9 Å². The number of aliphatic hydroxyl groups excluding tert-OH is 1. The first kappa shape index (κ1) is 7.76. The summed E-state index contributed by atoms with van der Waals surface area (Å²) < 4.78 is 0. The molecule has 0 aliphatic carbocycles. The monoisotopic (exact) mass is 156 g/mol. The van der Waals surface area contributed by atoms with Gasteiger partial charge in [-0.1, -0.05) is 0 Å². The quantitative estimate of drug-likeness (QED) is 0.709. The summed E-state index contributed by atoms with van der Waals surface area (Å²) in [5.41, 5.74) is 1.36. The van der Waals surface area contributed by atoms with Crippen LogP contribution < -0.4 is 0 Å². The third kappa shape index (κ3) is 1.82. The Morgan fingerprint density at radius 2 is 2.40 bits per heavy atom. The lowest BCUT2D eigenvalue weighted by Gasteiger charge is -1.94. The van der Waals surface area contributed by atoms with Crippen LogP contribution in [0.15, 0.2) is 11.4 Å². The lowest BCUT2D eigenvalue weighted by atomic mass is 10.2. The summed E-state index contributed by atoms with van der Waals surface area (Å²) in [7, 11) is 0. The second-order valence-electron chi connectivity index (χ2n) is 2.35. The molecule has 0 fully saturated rings. The summed E-state index contributed by atoms with van der Waals surface area (Å²) in [6, 6.07) is 2.12. The van der Waals surface area contributed by atoms with Crippen LogP contribution in [0.4, 0.5) is 0 Å². The minimum Gasteiger partial charge on any atom is -0.396 e. The third-order valence-electron chi connectivity index (χ3n) is 1.53. The van der Waals surface area contributed by atoms with Crippen molar-refractivity contribution in [1.82, 2.24) is 0 Å². The molecule has 0 aliphatic heterocycles. The molecule has 56 valence electrons. The summed E-state index contributed by atoms with van der Waals surface area (Å²) in [4.78, 5) is 1.41. The van der Waals surface area contributed by atoms with Crippen molar-refractivity contribution in [2.45, 2.75) is 19.8 Å². The molecule has 1 aromatic heterocycles. The average Bonchev–Trinajstić information content (AvgIpc) is 2.31. The molecule has 0 radical (unpaired) electrons. The van der Waals surface area contributed by atoms with Crippen LogP contribution in [0, 0.1) is 6.92 Å². The van der Waals surface area contributed by atoms with Crippen LogP contribution >= 0.6 is 11.3 Å². The molecule has 1 heterocycles. The summed E-state index contributed by atoms with van der Waals surface area (Å²) in [5, 5.41) is 10.7. The molecule has 0 saturated carbocycles. The van der Waals surface area contributed by atoms with E-state index >= 15 is 0 Å². The lowest BCUT2D eigenvalue weighted by molar-refractivity contribution is 0.289. The zero-order valence-corrected chi connectivity index (χ0v) is 6.95. The number of rotatable bonds is 3. The minimum absolute atomic E-state index is 0.303.